The normalized spacial score (nSPS) is 14.3. The SMILES string of the molecule is Cc1ncc(S(=O)(=O)N(C)CCC(C)O)[nH]1. The van der Waals surface area contributed by atoms with E-state index < -0.39 is 16.1 Å². The first-order valence-electron chi connectivity index (χ1n) is 5.00. The summed E-state index contributed by atoms with van der Waals surface area (Å²) in [6.45, 7) is 3.59. The van der Waals surface area contributed by atoms with E-state index in [1.54, 1.807) is 13.8 Å². The van der Waals surface area contributed by atoms with Crippen LogP contribution in [0, 0.1) is 6.92 Å². The highest BCUT2D eigenvalue weighted by molar-refractivity contribution is 7.89. The third-order valence-corrected chi connectivity index (χ3v) is 4.00. The first-order chi connectivity index (χ1) is 7.34. The van der Waals surface area contributed by atoms with Crippen molar-refractivity contribution in [1.29, 1.82) is 0 Å². The van der Waals surface area contributed by atoms with Gasteiger partial charge < -0.3 is 10.1 Å². The number of nitrogens with one attached hydrogen (secondary N) is 1. The van der Waals surface area contributed by atoms with Crippen LogP contribution in [0.5, 0.6) is 0 Å². The smallest absolute Gasteiger partial charge is 0.259 e. The highest BCUT2D eigenvalue weighted by Crippen LogP contribution is 2.12. The van der Waals surface area contributed by atoms with Crippen molar-refractivity contribution in [2.24, 2.45) is 0 Å². The van der Waals surface area contributed by atoms with Crippen LogP contribution in [0.15, 0.2) is 11.2 Å². The maximum atomic E-state index is 11.9. The Kier molecular flexibility index (Phi) is 4.06. The molecule has 1 aromatic heterocycles. The summed E-state index contributed by atoms with van der Waals surface area (Å²) in [7, 11) is -2.03. The third kappa shape index (κ3) is 3.03. The number of hydrogen-bond donors (Lipinski definition) is 2. The largest absolute Gasteiger partial charge is 0.393 e. The molecule has 0 aliphatic heterocycles. The summed E-state index contributed by atoms with van der Waals surface area (Å²) in [5.41, 5.74) is 0. The molecule has 0 aliphatic carbocycles. The van der Waals surface area contributed by atoms with Crippen molar-refractivity contribution in [3.63, 3.8) is 0 Å². The van der Waals surface area contributed by atoms with Gasteiger partial charge in [0, 0.05) is 13.6 Å². The lowest BCUT2D eigenvalue weighted by atomic mass is 10.3. The molecular weight excluding hydrogens is 230 g/mol. The van der Waals surface area contributed by atoms with Gasteiger partial charge in [-0.2, -0.15) is 4.31 Å². The minimum atomic E-state index is -3.51. The fourth-order valence-electron chi connectivity index (χ4n) is 1.19. The van der Waals surface area contributed by atoms with E-state index in [0.29, 0.717) is 12.2 Å². The van der Waals surface area contributed by atoms with Gasteiger partial charge in [0.1, 0.15) is 5.82 Å². The van der Waals surface area contributed by atoms with Crippen LogP contribution in [0.3, 0.4) is 0 Å². The quantitative estimate of drug-likeness (QED) is 0.773. The zero-order valence-electron chi connectivity index (χ0n) is 9.64. The van der Waals surface area contributed by atoms with Crippen molar-refractivity contribution >= 4 is 10.0 Å². The predicted molar refractivity (Wildman–Crippen MR) is 59.4 cm³/mol. The second-order valence-electron chi connectivity index (χ2n) is 3.80. The third-order valence-electron chi connectivity index (χ3n) is 2.23. The van der Waals surface area contributed by atoms with Crippen LogP contribution < -0.4 is 0 Å². The van der Waals surface area contributed by atoms with E-state index >= 15 is 0 Å². The van der Waals surface area contributed by atoms with E-state index in [1.807, 2.05) is 0 Å². The summed E-state index contributed by atoms with van der Waals surface area (Å²) < 4.78 is 25.1. The van der Waals surface area contributed by atoms with Gasteiger partial charge in [-0.05, 0) is 20.3 Å². The zero-order valence-corrected chi connectivity index (χ0v) is 10.5. The van der Waals surface area contributed by atoms with Crippen molar-refractivity contribution in [2.45, 2.75) is 31.4 Å². The monoisotopic (exact) mass is 247 g/mol. The number of H-pyrrole nitrogens is 1. The second kappa shape index (κ2) is 4.94. The van der Waals surface area contributed by atoms with Gasteiger partial charge in [0.05, 0.1) is 12.3 Å². The lowest BCUT2D eigenvalue weighted by molar-refractivity contribution is 0.177. The molecule has 0 radical (unpaired) electrons. The number of aryl methyl sites for hydroxylation is 1. The number of nitrogens with zero attached hydrogens (tertiary/aromatic N) is 2. The number of aromatic nitrogens is 2. The number of aliphatic hydroxyl groups excluding tert-OH is 1. The molecule has 1 atom stereocenters. The number of aromatic amines is 1. The van der Waals surface area contributed by atoms with Gasteiger partial charge in [-0.3, -0.25) is 0 Å². The summed E-state index contributed by atoms with van der Waals surface area (Å²) in [6, 6.07) is 0. The molecule has 0 saturated carbocycles. The predicted octanol–water partition coefficient (Wildman–Crippen LogP) is 0.110. The molecule has 16 heavy (non-hydrogen) atoms. The molecule has 0 aromatic carbocycles. The Morgan fingerprint density at radius 3 is 2.69 bits per heavy atom. The number of sulfonamides is 1. The van der Waals surface area contributed by atoms with E-state index in [0.717, 1.165) is 0 Å². The second-order valence-corrected chi connectivity index (χ2v) is 5.81. The van der Waals surface area contributed by atoms with Crippen molar-refractivity contribution in [3.05, 3.63) is 12.0 Å². The molecule has 92 valence electrons. The molecule has 2 N–H and O–H groups in total. The Hall–Kier alpha value is -0.920. The summed E-state index contributed by atoms with van der Waals surface area (Å²) in [5, 5.41) is 9.18. The first kappa shape index (κ1) is 13.1. The maximum absolute atomic E-state index is 11.9. The number of imidazole rings is 1. The summed E-state index contributed by atoms with van der Waals surface area (Å²) in [4.78, 5) is 6.53. The van der Waals surface area contributed by atoms with Crippen LogP contribution in [0.25, 0.3) is 0 Å². The summed E-state index contributed by atoms with van der Waals surface area (Å²) in [5.74, 6) is 0.558. The van der Waals surface area contributed by atoms with Crippen molar-refractivity contribution in [2.75, 3.05) is 13.6 Å². The molecule has 0 aliphatic rings. The van der Waals surface area contributed by atoms with Crippen LogP contribution in [0.1, 0.15) is 19.2 Å². The summed E-state index contributed by atoms with van der Waals surface area (Å²) in [6.07, 6.45) is 1.19. The van der Waals surface area contributed by atoms with Gasteiger partial charge in [0.25, 0.3) is 10.0 Å². The molecule has 0 spiro atoms. The average molecular weight is 247 g/mol. The van der Waals surface area contributed by atoms with E-state index in [2.05, 4.69) is 9.97 Å². The van der Waals surface area contributed by atoms with Gasteiger partial charge >= 0.3 is 0 Å². The Morgan fingerprint density at radius 1 is 1.62 bits per heavy atom. The lowest BCUT2D eigenvalue weighted by Crippen LogP contribution is -2.29. The number of aliphatic hydroxyl groups is 1. The molecule has 7 heteroatoms. The molecule has 0 saturated heterocycles. The lowest BCUT2D eigenvalue weighted by Gasteiger charge is -2.16. The van der Waals surface area contributed by atoms with Crippen LogP contribution in [-0.4, -0.2) is 47.5 Å². The first-order valence-corrected chi connectivity index (χ1v) is 6.44. The molecule has 1 aromatic rings. The van der Waals surface area contributed by atoms with E-state index in [9.17, 15) is 8.42 Å². The van der Waals surface area contributed by atoms with Crippen LogP contribution in [-0.2, 0) is 10.0 Å². The van der Waals surface area contributed by atoms with Gasteiger partial charge in [-0.1, -0.05) is 0 Å². The molecule has 0 fully saturated rings. The van der Waals surface area contributed by atoms with Gasteiger partial charge in [0.2, 0.25) is 0 Å². The Morgan fingerprint density at radius 2 is 2.25 bits per heavy atom. The summed E-state index contributed by atoms with van der Waals surface area (Å²) >= 11 is 0. The molecular formula is C9H17N3O3S. The van der Waals surface area contributed by atoms with Crippen molar-refractivity contribution < 1.29 is 13.5 Å². The highest BCUT2D eigenvalue weighted by atomic mass is 32.2. The van der Waals surface area contributed by atoms with E-state index in [-0.39, 0.29) is 11.6 Å². The Labute approximate surface area is 95.4 Å². The van der Waals surface area contributed by atoms with Gasteiger partial charge in [-0.25, -0.2) is 13.4 Å². The maximum Gasteiger partial charge on any atom is 0.259 e. The fourth-order valence-corrected chi connectivity index (χ4v) is 2.33. The van der Waals surface area contributed by atoms with Crippen molar-refractivity contribution in [1.82, 2.24) is 14.3 Å². The van der Waals surface area contributed by atoms with Crippen LogP contribution >= 0.6 is 0 Å². The molecule has 1 unspecified atom stereocenters. The topological polar surface area (TPSA) is 86.3 Å². The van der Waals surface area contributed by atoms with Crippen LogP contribution in [0.2, 0.25) is 0 Å². The Bertz CT molecular complexity index is 439. The van der Waals surface area contributed by atoms with E-state index in [4.69, 9.17) is 5.11 Å². The zero-order chi connectivity index (χ0) is 12.3. The molecule has 6 nitrogen and oxygen atoms in total. The fraction of sp³-hybridized carbons (Fsp3) is 0.667. The van der Waals surface area contributed by atoms with Crippen molar-refractivity contribution in [3.8, 4) is 0 Å². The van der Waals surface area contributed by atoms with Gasteiger partial charge in [0.15, 0.2) is 5.03 Å². The minimum absolute atomic E-state index is 0.0816. The molecule has 0 bridgehead atoms. The van der Waals surface area contributed by atoms with Gasteiger partial charge in [-0.15, -0.1) is 0 Å². The minimum Gasteiger partial charge on any atom is -0.393 e. The number of rotatable bonds is 5. The Balaban J connectivity index is 2.78. The highest BCUT2D eigenvalue weighted by Gasteiger charge is 2.22. The standard InChI is InChI=1S/C9H17N3O3S/c1-7(13)4-5-12(3)16(14,15)9-6-10-8(2)11-9/h6-7,13H,4-5H2,1-3H3,(H,10,11). The number of hydrogen-bond acceptors (Lipinski definition) is 4. The molecule has 1 rings (SSSR count). The van der Waals surface area contributed by atoms with Crippen LogP contribution in [0.4, 0.5) is 0 Å². The molecule has 0 amide bonds. The molecule has 1 heterocycles. The van der Waals surface area contributed by atoms with E-state index in [1.165, 1.54) is 17.5 Å². The average Bonchev–Trinajstić information content (AvgIpc) is 2.61.